The molecule has 0 fully saturated rings. The van der Waals surface area contributed by atoms with E-state index < -0.39 is 24.1 Å². The highest BCUT2D eigenvalue weighted by Crippen LogP contribution is 2.35. The fourth-order valence-electron chi connectivity index (χ4n) is 5.67. The van der Waals surface area contributed by atoms with Gasteiger partial charge in [-0.15, -0.1) is 30.0 Å². The summed E-state index contributed by atoms with van der Waals surface area (Å²) in [5.41, 5.74) is 5.57. The van der Waals surface area contributed by atoms with Gasteiger partial charge in [0.15, 0.2) is 0 Å². The number of aromatic nitrogens is 6. The molecular formula is C37H34N6O6. The highest BCUT2D eigenvalue weighted by atomic mass is 16.5. The van der Waals surface area contributed by atoms with E-state index in [1.54, 1.807) is 38.1 Å². The van der Waals surface area contributed by atoms with E-state index in [9.17, 15) is 19.8 Å². The standard InChI is InChI=1S/C37H34N6O6/c1-5-34(44)48-22(3)15-24-17-26(36(46)32(19-24)42-38-28-11-7-8-12-29(28)39-42)21-27-18-25(16-23(4)49-35(45)6-2)20-33(37(27)47)43-40-30-13-9-10-14-31(30)41-43/h5-14,17-20,22-23,46-47H,1-2,15-16,21H2,3-4H3. The summed E-state index contributed by atoms with van der Waals surface area (Å²) in [6.45, 7) is 10.5. The van der Waals surface area contributed by atoms with Gasteiger partial charge in [-0.25, -0.2) is 9.59 Å². The Morgan fingerprint density at radius 3 is 1.35 bits per heavy atom. The number of esters is 2. The summed E-state index contributed by atoms with van der Waals surface area (Å²) < 4.78 is 10.9. The van der Waals surface area contributed by atoms with Gasteiger partial charge in [-0.1, -0.05) is 49.6 Å². The van der Waals surface area contributed by atoms with E-state index in [-0.39, 0.29) is 17.9 Å². The minimum atomic E-state index is -0.547. The number of aromatic hydroxyl groups is 2. The van der Waals surface area contributed by atoms with Crippen molar-refractivity contribution in [2.75, 3.05) is 0 Å². The molecule has 0 spiro atoms. The number of nitrogens with zero attached hydrogens (tertiary/aromatic N) is 6. The lowest BCUT2D eigenvalue weighted by atomic mass is 9.95. The maximum absolute atomic E-state index is 11.9. The van der Waals surface area contributed by atoms with E-state index in [2.05, 4.69) is 33.6 Å². The Morgan fingerprint density at radius 1 is 0.673 bits per heavy atom. The molecule has 2 aromatic heterocycles. The Bertz CT molecular complexity index is 2000. The third-order valence-corrected chi connectivity index (χ3v) is 7.86. The second kappa shape index (κ2) is 13.8. The van der Waals surface area contributed by atoms with Crippen molar-refractivity contribution in [1.29, 1.82) is 0 Å². The first-order valence-electron chi connectivity index (χ1n) is 15.6. The van der Waals surface area contributed by atoms with Crippen LogP contribution in [-0.4, -0.2) is 64.3 Å². The van der Waals surface area contributed by atoms with Gasteiger partial charge >= 0.3 is 11.9 Å². The molecule has 0 saturated carbocycles. The van der Waals surface area contributed by atoms with Crippen LogP contribution in [0.3, 0.4) is 0 Å². The van der Waals surface area contributed by atoms with Gasteiger partial charge in [0, 0.05) is 42.5 Å². The number of ether oxygens (including phenoxy) is 2. The molecule has 0 bridgehead atoms. The van der Waals surface area contributed by atoms with Crippen LogP contribution in [-0.2, 0) is 38.3 Å². The van der Waals surface area contributed by atoms with Crippen LogP contribution in [0.15, 0.2) is 98.1 Å². The van der Waals surface area contributed by atoms with Crippen molar-refractivity contribution in [3.8, 4) is 22.9 Å². The molecule has 12 nitrogen and oxygen atoms in total. The minimum Gasteiger partial charge on any atom is -0.505 e. The van der Waals surface area contributed by atoms with Crippen molar-refractivity contribution in [2.45, 2.75) is 45.3 Å². The number of phenols is 2. The average Bonchev–Trinajstić information content (AvgIpc) is 3.72. The van der Waals surface area contributed by atoms with Crippen LogP contribution in [0.5, 0.6) is 11.5 Å². The van der Waals surface area contributed by atoms with Crippen LogP contribution < -0.4 is 0 Å². The summed E-state index contributed by atoms with van der Waals surface area (Å²) in [7, 11) is 0. The third-order valence-electron chi connectivity index (χ3n) is 7.86. The van der Waals surface area contributed by atoms with Gasteiger partial charge in [-0.3, -0.25) is 0 Å². The molecule has 0 aliphatic carbocycles. The molecule has 0 radical (unpaired) electrons. The lowest BCUT2D eigenvalue weighted by molar-refractivity contribution is -0.143. The van der Waals surface area contributed by atoms with E-state index in [1.165, 1.54) is 9.59 Å². The quantitative estimate of drug-likeness (QED) is 0.128. The number of carbonyl (C=O) groups is 2. The molecule has 0 saturated heterocycles. The zero-order valence-corrected chi connectivity index (χ0v) is 27.0. The predicted molar refractivity (Wildman–Crippen MR) is 183 cm³/mol. The first-order chi connectivity index (χ1) is 23.6. The van der Waals surface area contributed by atoms with Crippen LogP contribution in [0.25, 0.3) is 33.4 Å². The monoisotopic (exact) mass is 658 g/mol. The normalized spacial score (nSPS) is 12.4. The Kier molecular flexibility index (Phi) is 9.20. The predicted octanol–water partition coefficient (Wildman–Crippen LogP) is 5.48. The van der Waals surface area contributed by atoms with Crippen molar-refractivity contribution >= 4 is 34.0 Å². The summed E-state index contributed by atoms with van der Waals surface area (Å²) in [5, 5.41) is 41.7. The molecule has 0 amide bonds. The third kappa shape index (κ3) is 7.18. The van der Waals surface area contributed by atoms with Gasteiger partial charge in [0.2, 0.25) is 0 Å². The van der Waals surface area contributed by atoms with Gasteiger partial charge in [-0.05, 0) is 61.4 Å². The van der Waals surface area contributed by atoms with Gasteiger partial charge in [0.05, 0.1) is 0 Å². The van der Waals surface area contributed by atoms with Gasteiger partial charge in [0.25, 0.3) is 0 Å². The zero-order chi connectivity index (χ0) is 34.7. The van der Waals surface area contributed by atoms with Crippen molar-refractivity contribution in [3.63, 3.8) is 0 Å². The SMILES string of the molecule is C=CC(=O)OC(C)Cc1cc(Cc2cc(CC(C)OC(=O)C=C)cc(-n3nc4ccccc4n3)c2O)c(O)c(-n2nc3ccccc3n2)c1. The van der Waals surface area contributed by atoms with Crippen molar-refractivity contribution in [1.82, 2.24) is 30.0 Å². The van der Waals surface area contributed by atoms with Crippen molar-refractivity contribution in [2.24, 2.45) is 0 Å². The Balaban J connectivity index is 1.46. The Labute approximate surface area is 281 Å². The number of benzene rings is 4. The van der Waals surface area contributed by atoms with E-state index in [0.29, 0.717) is 57.4 Å². The Hall–Kier alpha value is -6.30. The molecule has 2 N–H and O–H groups in total. The first kappa shape index (κ1) is 32.6. The van der Waals surface area contributed by atoms with E-state index in [0.717, 1.165) is 23.3 Å². The van der Waals surface area contributed by atoms with Crippen LogP contribution in [0.2, 0.25) is 0 Å². The summed E-state index contributed by atoms with van der Waals surface area (Å²) in [4.78, 5) is 26.6. The fraction of sp³-hybridized carbons (Fsp3) is 0.189. The smallest absolute Gasteiger partial charge is 0.330 e. The minimum absolute atomic E-state index is 0.0720. The highest BCUT2D eigenvalue weighted by molar-refractivity contribution is 5.81. The van der Waals surface area contributed by atoms with Gasteiger partial charge in [-0.2, -0.15) is 0 Å². The number of hydrogen-bond acceptors (Lipinski definition) is 10. The molecule has 2 atom stereocenters. The largest absolute Gasteiger partial charge is 0.505 e. The van der Waals surface area contributed by atoms with E-state index in [1.807, 2.05) is 48.5 Å². The topological polar surface area (TPSA) is 154 Å². The molecule has 6 rings (SSSR count). The lowest BCUT2D eigenvalue weighted by Gasteiger charge is -2.18. The van der Waals surface area contributed by atoms with Crippen LogP contribution in [0, 0.1) is 0 Å². The number of hydrogen-bond donors (Lipinski definition) is 2. The van der Waals surface area contributed by atoms with E-state index in [4.69, 9.17) is 9.47 Å². The summed E-state index contributed by atoms with van der Waals surface area (Å²) >= 11 is 0. The second-order valence-electron chi connectivity index (χ2n) is 11.7. The number of rotatable bonds is 12. The molecule has 4 aromatic carbocycles. The molecule has 2 heterocycles. The molecule has 0 aliphatic rings. The fourth-order valence-corrected chi connectivity index (χ4v) is 5.67. The van der Waals surface area contributed by atoms with Crippen LogP contribution in [0.1, 0.15) is 36.1 Å². The summed E-state index contributed by atoms with van der Waals surface area (Å²) in [6.07, 6.45) is 1.89. The maximum atomic E-state index is 11.9. The molecule has 49 heavy (non-hydrogen) atoms. The molecule has 6 aromatic rings. The summed E-state index contributed by atoms with van der Waals surface area (Å²) in [6, 6.07) is 21.8. The van der Waals surface area contributed by atoms with E-state index >= 15 is 0 Å². The van der Waals surface area contributed by atoms with Crippen LogP contribution >= 0.6 is 0 Å². The Morgan fingerprint density at radius 2 is 1.02 bits per heavy atom. The molecular weight excluding hydrogens is 624 g/mol. The van der Waals surface area contributed by atoms with Crippen LogP contribution in [0.4, 0.5) is 0 Å². The highest BCUT2D eigenvalue weighted by Gasteiger charge is 2.21. The average molecular weight is 659 g/mol. The molecule has 0 aliphatic heterocycles. The molecule has 12 heteroatoms. The number of carbonyl (C=O) groups excluding carboxylic acids is 2. The lowest BCUT2D eigenvalue weighted by Crippen LogP contribution is -2.16. The first-order valence-corrected chi connectivity index (χ1v) is 15.6. The number of fused-ring (bicyclic) bond motifs is 2. The van der Waals surface area contributed by atoms with Crippen molar-refractivity contribution in [3.05, 3.63) is 120 Å². The second-order valence-corrected chi connectivity index (χ2v) is 11.7. The van der Waals surface area contributed by atoms with Crippen molar-refractivity contribution < 1.29 is 29.3 Å². The maximum Gasteiger partial charge on any atom is 0.330 e. The molecule has 248 valence electrons. The summed E-state index contributed by atoms with van der Waals surface area (Å²) in [5.74, 6) is -1.28. The molecule has 2 unspecified atom stereocenters. The van der Waals surface area contributed by atoms with Gasteiger partial charge in [0.1, 0.15) is 57.1 Å². The van der Waals surface area contributed by atoms with Gasteiger partial charge < -0.3 is 19.7 Å². The zero-order valence-electron chi connectivity index (χ0n) is 27.0. The number of phenolic OH excluding ortho intramolecular Hbond substituents is 2.